The van der Waals surface area contributed by atoms with Crippen LogP contribution in [0.1, 0.15) is 41.7 Å². The van der Waals surface area contributed by atoms with Crippen LogP contribution in [0.2, 0.25) is 0 Å². The van der Waals surface area contributed by atoms with Gasteiger partial charge < -0.3 is 4.90 Å². The minimum Gasteiger partial charge on any atom is -0.305 e. The van der Waals surface area contributed by atoms with Crippen LogP contribution in [0.25, 0.3) is 0 Å². The largest absolute Gasteiger partial charge is 0.305 e. The number of likely N-dealkylation sites (tertiary alicyclic amines) is 1. The van der Waals surface area contributed by atoms with E-state index in [9.17, 15) is 0 Å². The molecule has 0 saturated carbocycles. The topological polar surface area (TPSA) is 58.0 Å². The first-order valence-electron chi connectivity index (χ1n) is 8.09. The number of aryl methyl sites for hydroxylation is 1. The molecule has 0 spiro atoms. The Kier molecular flexibility index (Phi) is 4.93. The van der Waals surface area contributed by atoms with Gasteiger partial charge in [-0.15, -0.1) is 0 Å². The molecule has 1 saturated heterocycles. The van der Waals surface area contributed by atoms with Crippen molar-refractivity contribution in [1.82, 2.24) is 29.7 Å². The van der Waals surface area contributed by atoms with Crippen LogP contribution < -0.4 is 0 Å². The van der Waals surface area contributed by atoms with Crippen LogP contribution in [-0.2, 0) is 13.1 Å². The van der Waals surface area contributed by atoms with Crippen LogP contribution in [0.3, 0.4) is 0 Å². The molecule has 122 valence electrons. The highest BCUT2D eigenvalue weighted by Crippen LogP contribution is 2.33. The molecule has 1 fully saturated rings. The molecular formula is C17H24N6. The Labute approximate surface area is 137 Å². The number of nitrogens with zero attached hydrogens (tertiary/aromatic N) is 6. The lowest BCUT2D eigenvalue weighted by Gasteiger charge is -2.26. The van der Waals surface area contributed by atoms with Gasteiger partial charge in [0.05, 0.1) is 17.4 Å². The molecule has 23 heavy (non-hydrogen) atoms. The van der Waals surface area contributed by atoms with E-state index in [2.05, 4.69) is 38.8 Å². The standard InChI is InChI=1S/C17H24N6/c1-13-20-9-14(11-22(2)3)17(21-13)16-5-4-8-23(16)12-15-10-18-6-7-19-15/h6-7,9-10,16H,4-5,8,11-12H2,1-3H3/t16-/m0/s1. The van der Waals surface area contributed by atoms with Gasteiger partial charge in [0.2, 0.25) is 0 Å². The van der Waals surface area contributed by atoms with Gasteiger partial charge in [0.1, 0.15) is 5.82 Å². The van der Waals surface area contributed by atoms with Crippen LogP contribution in [0.15, 0.2) is 24.8 Å². The molecule has 0 unspecified atom stereocenters. The van der Waals surface area contributed by atoms with Crippen molar-refractivity contribution in [3.63, 3.8) is 0 Å². The highest BCUT2D eigenvalue weighted by molar-refractivity contribution is 5.22. The Morgan fingerprint density at radius 2 is 2.09 bits per heavy atom. The third-order valence-electron chi connectivity index (χ3n) is 4.17. The summed E-state index contributed by atoms with van der Waals surface area (Å²) in [6.07, 6.45) is 9.63. The highest BCUT2D eigenvalue weighted by atomic mass is 15.2. The molecule has 3 rings (SSSR count). The number of hydrogen-bond acceptors (Lipinski definition) is 6. The van der Waals surface area contributed by atoms with Crippen molar-refractivity contribution in [3.05, 3.63) is 47.6 Å². The third kappa shape index (κ3) is 3.89. The summed E-state index contributed by atoms with van der Waals surface area (Å²) in [7, 11) is 4.16. The first-order chi connectivity index (χ1) is 11.1. The summed E-state index contributed by atoms with van der Waals surface area (Å²) in [4.78, 5) is 22.4. The van der Waals surface area contributed by atoms with Crippen LogP contribution in [0.5, 0.6) is 0 Å². The maximum absolute atomic E-state index is 4.78. The zero-order valence-electron chi connectivity index (χ0n) is 14.1. The summed E-state index contributed by atoms with van der Waals surface area (Å²) in [6, 6.07) is 0.341. The predicted molar refractivity (Wildman–Crippen MR) is 88.6 cm³/mol. The van der Waals surface area contributed by atoms with Gasteiger partial charge in [-0.05, 0) is 40.4 Å². The maximum atomic E-state index is 4.78. The van der Waals surface area contributed by atoms with Crippen molar-refractivity contribution in [1.29, 1.82) is 0 Å². The van der Waals surface area contributed by atoms with Gasteiger partial charge in [0, 0.05) is 43.4 Å². The Hall–Kier alpha value is -1.92. The van der Waals surface area contributed by atoms with Crippen molar-refractivity contribution in [2.75, 3.05) is 20.6 Å². The molecular weight excluding hydrogens is 288 g/mol. The van der Waals surface area contributed by atoms with E-state index in [1.165, 1.54) is 17.7 Å². The summed E-state index contributed by atoms with van der Waals surface area (Å²) in [5, 5.41) is 0. The Bertz CT molecular complexity index is 643. The van der Waals surface area contributed by atoms with Crippen molar-refractivity contribution < 1.29 is 0 Å². The zero-order valence-corrected chi connectivity index (χ0v) is 14.1. The smallest absolute Gasteiger partial charge is 0.125 e. The normalized spacial score (nSPS) is 18.7. The van der Waals surface area contributed by atoms with Crippen molar-refractivity contribution in [2.24, 2.45) is 0 Å². The monoisotopic (exact) mass is 312 g/mol. The van der Waals surface area contributed by atoms with E-state index in [0.29, 0.717) is 6.04 Å². The minimum atomic E-state index is 0.341. The van der Waals surface area contributed by atoms with Gasteiger partial charge in [-0.1, -0.05) is 0 Å². The molecule has 1 aliphatic rings. The summed E-state index contributed by atoms with van der Waals surface area (Å²) in [6.45, 7) is 4.73. The molecule has 3 heterocycles. The second-order valence-corrected chi connectivity index (χ2v) is 6.39. The second kappa shape index (κ2) is 7.10. The van der Waals surface area contributed by atoms with Gasteiger partial charge >= 0.3 is 0 Å². The van der Waals surface area contributed by atoms with E-state index < -0.39 is 0 Å². The molecule has 1 aliphatic heterocycles. The SMILES string of the molecule is Cc1ncc(CN(C)C)c([C@@H]2CCCN2Cc2cnccn2)n1. The molecule has 2 aromatic rings. The van der Waals surface area contributed by atoms with Crippen LogP contribution in [-0.4, -0.2) is 50.4 Å². The molecule has 6 heteroatoms. The fourth-order valence-electron chi connectivity index (χ4n) is 3.21. The van der Waals surface area contributed by atoms with Crippen LogP contribution in [0.4, 0.5) is 0 Å². The van der Waals surface area contributed by atoms with Crippen LogP contribution >= 0.6 is 0 Å². The van der Waals surface area contributed by atoms with Gasteiger partial charge in [-0.3, -0.25) is 14.9 Å². The Morgan fingerprint density at radius 1 is 1.22 bits per heavy atom. The fourth-order valence-corrected chi connectivity index (χ4v) is 3.21. The molecule has 2 aromatic heterocycles. The number of hydrogen-bond donors (Lipinski definition) is 0. The third-order valence-corrected chi connectivity index (χ3v) is 4.17. The maximum Gasteiger partial charge on any atom is 0.125 e. The van der Waals surface area contributed by atoms with E-state index >= 15 is 0 Å². The van der Waals surface area contributed by atoms with Gasteiger partial charge in [-0.25, -0.2) is 9.97 Å². The van der Waals surface area contributed by atoms with E-state index in [-0.39, 0.29) is 0 Å². The fraction of sp³-hybridized carbons (Fsp3) is 0.529. The Morgan fingerprint density at radius 3 is 2.83 bits per heavy atom. The van der Waals surface area contributed by atoms with Crippen molar-refractivity contribution in [2.45, 2.75) is 38.9 Å². The average molecular weight is 312 g/mol. The summed E-state index contributed by atoms with van der Waals surface area (Å²) in [5.41, 5.74) is 3.41. The van der Waals surface area contributed by atoms with Crippen molar-refractivity contribution in [3.8, 4) is 0 Å². The lowest BCUT2D eigenvalue weighted by atomic mass is 10.1. The summed E-state index contributed by atoms with van der Waals surface area (Å²) >= 11 is 0. The van der Waals surface area contributed by atoms with Gasteiger partial charge in [0.25, 0.3) is 0 Å². The minimum absolute atomic E-state index is 0.341. The number of rotatable bonds is 5. The molecule has 0 N–H and O–H groups in total. The first-order valence-corrected chi connectivity index (χ1v) is 8.09. The quantitative estimate of drug-likeness (QED) is 0.841. The van der Waals surface area contributed by atoms with Crippen LogP contribution in [0, 0.1) is 6.92 Å². The van der Waals surface area contributed by atoms with Crippen molar-refractivity contribution >= 4 is 0 Å². The summed E-state index contributed by atoms with van der Waals surface area (Å²) < 4.78 is 0. The second-order valence-electron chi connectivity index (χ2n) is 6.39. The molecule has 0 aliphatic carbocycles. The molecule has 1 atom stereocenters. The molecule has 0 bridgehead atoms. The number of aromatic nitrogens is 4. The summed E-state index contributed by atoms with van der Waals surface area (Å²) in [5.74, 6) is 0.842. The molecule has 0 radical (unpaired) electrons. The molecule has 0 amide bonds. The van der Waals surface area contributed by atoms with E-state index in [1.54, 1.807) is 12.4 Å². The lowest BCUT2D eigenvalue weighted by molar-refractivity contribution is 0.238. The lowest BCUT2D eigenvalue weighted by Crippen LogP contribution is -2.26. The predicted octanol–water partition coefficient (Wildman–Crippen LogP) is 1.97. The van der Waals surface area contributed by atoms with E-state index in [0.717, 1.165) is 37.6 Å². The molecule has 6 nitrogen and oxygen atoms in total. The van der Waals surface area contributed by atoms with Gasteiger partial charge in [0.15, 0.2) is 0 Å². The Balaban J connectivity index is 1.86. The van der Waals surface area contributed by atoms with E-state index in [4.69, 9.17) is 4.98 Å². The van der Waals surface area contributed by atoms with Gasteiger partial charge in [-0.2, -0.15) is 0 Å². The van der Waals surface area contributed by atoms with E-state index in [1.807, 2.05) is 19.3 Å². The average Bonchev–Trinajstić information content (AvgIpc) is 2.97. The molecule has 0 aromatic carbocycles. The first kappa shape index (κ1) is 16.0. The zero-order chi connectivity index (χ0) is 16.2. The highest BCUT2D eigenvalue weighted by Gasteiger charge is 2.29.